The van der Waals surface area contributed by atoms with Crippen molar-refractivity contribution in [3.8, 4) is 5.75 Å². The highest BCUT2D eigenvalue weighted by Gasteiger charge is 2.39. The van der Waals surface area contributed by atoms with E-state index in [1.54, 1.807) is 27.7 Å². The number of ether oxygens (including phenoxy) is 1. The molecule has 1 heterocycles. The van der Waals surface area contributed by atoms with Crippen LogP contribution in [-0.4, -0.2) is 70.8 Å². The Morgan fingerprint density at radius 3 is 2.43 bits per heavy atom. The average molecular weight is 494 g/mol. The van der Waals surface area contributed by atoms with Gasteiger partial charge in [-0.1, -0.05) is 13.8 Å². The third-order valence-corrected chi connectivity index (χ3v) is 5.50. The van der Waals surface area contributed by atoms with Gasteiger partial charge in [0.1, 0.15) is 29.9 Å². The number of carboxylic acids is 1. The number of carboxylic acid groups (broad SMARTS) is 1. The van der Waals surface area contributed by atoms with Crippen molar-refractivity contribution in [2.45, 2.75) is 71.2 Å². The summed E-state index contributed by atoms with van der Waals surface area (Å²) in [5, 5.41) is 13.8. The number of rotatable bonds is 11. The zero-order valence-corrected chi connectivity index (χ0v) is 20.2. The summed E-state index contributed by atoms with van der Waals surface area (Å²) in [5.41, 5.74) is -0.252. The van der Waals surface area contributed by atoms with Gasteiger partial charge in [-0.15, -0.1) is 0 Å². The van der Waals surface area contributed by atoms with Crippen molar-refractivity contribution in [2.24, 2.45) is 5.92 Å². The molecule has 0 spiro atoms. The van der Waals surface area contributed by atoms with Crippen LogP contribution in [0.15, 0.2) is 18.2 Å². The van der Waals surface area contributed by atoms with Crippen LogP contribution in [0.3, 0.4) is 0 Å². The highest BCUT2D eigenvalue weighted by molar-refractivity contribution is 5.99. The van der Waals surface area contributed by atoms with E-state index in [2.05, 4.69) is 10.6 Å². The molecule has 11 heteroatoms. The predicted octanol–water partition coefficient (Wildman–Crippen LogP) is 1.52. The molecular formula is C24H32FN3O7. The monoisotopic (exact) mass is 493 g/mol. The highest BCUT2D eigenvalue weighted by atomic mass is 19.1. The second kappa shape index (κ2) is 12.3. The van der Waals surface area contributed by atoms with E-state index in [0.29, 0.717) is 19.1 Å². The number of halogens is 1. The first-order valence-electron chi connectivity index (χ1n) is 11.5. The van der Waals surface area contributed by atoms with Gasteiger partial charge >= 0.3 is 5.97 Å². The highest BCUT2D eigenvalue weighted by Crippen LogP contribution is 2.22. The molecule has 3 N–H and O–H groups in total. The molecule has 2 rings (SSSR count). The molecule has 192 valence electrons. The number of nitrogens with one attached hydrogen (secondary N) is 2. The normalized spacial score (nSPS) is 17.1. The van der Waals surface area contributed by atoms with Crippen molar-refractivity contribution in [3.05, 3.63) is 29.6 Å². The van der Waals surface area contributed by atoms with Crippen molar-refractivity contribution in [2.75, 3.05) is 6.54 Å². The number of hydrogen-bond acceptors (Lipinski definition) is 6. The minimum Gasteiger partial charge on any atom is -0.491 e. The van der Waals surface area contributed by atoms with Crippen molar-refractivity contribution < 1.29 is 38.2 Å². The van der Waals surface area contributed by atoms with Crippen LogP contribution >= 0.6 is 0 Å². The van der Waals surface area contributed by atoms with Gasteiger partial charge in [0.2, 0.25) is 11.8 Å². The first-order chi connectivity index (χ1) is 16.4. The molecular weight excluding hydrogens is 461 g/mol. The van der Waals surface area contributed by atoms with Crippen molar-refractivity contribution >= 4 is 30.0 Å². The molecule has 0 bridgehead atoms. The van der Waals surface area contributed by atoms with Crippen LogP contribution in [0.2, 0.25) is 0 Å². The molecule has 0 saturated carbocycles. The summed E-state index contributed by atoms with van der Waals surface area (Å²) in [4.78, 5) is 62.1. The topological polar surface area (TPSA) is 142 Å². The quantitative estimate of drug-likeness (QED) is 0.397. The van der Waals surface area contributed by atoms with Crippen LogP contribution in [-0.2, 0) is 19.2 Å². The van der Waals surface area contributed by atoms with E-state index in [4.69, 9.17) is 9.84 Å². The maximum absolute atomic E-state index is 14.6. The summed E-state index contributed by atoms with van der Waals surface area (Å²) in [7, 11) is 0. The van der Waals surface area contributed by atoms with Gasteiger partial charge in [0.05, 0.1) is 24.1 Å². The smallest absolute Gasteiger partial charge is 0.305 e. The number of aliphatic carboxylic acids is 1. The van der Waals surface area contributed by atoms with E-state index in [1.165, 1.54) is 17.0 Å². The Bertz CT molecular complexity index is 966. The fraction of sp³-hybridized carbons (Fsp3) is 0.542. The van der Waals surface area contributed by atoms with E-state index < -0.39 is 54.1 Å². The fourth-order valence-electron chi connectivity index (χ4n) is 3.84. The lowest BCUT2D eigenvalue weighted by Crippen LogP contribution is -2.56. The molecule has 0 aliphatic carbocycles. The summed E-state index contributed by atoms with van der Waals surface area (Å²) < 4.78 is 20.0. The van der Waals surface area contributed by atoms with E-state index in [0.717, 1.165) is 6.07 Å². The lowest BCUT2D eigenvalue weighted by molar-refractivity contribution is -0.142. The Hall–Kier alpha value is -3.50. The molecule has 1 aliphatic heterocycles. The largest absolute Gasteiger partial charge is 0.491 e. The molecule has 1 aliphatic rings. The number of likely N-dealkylation sites (tertiary alicyclic amines) is 1. The van der Waals surface area contributed by atoms with Gasteiger partial charge in [0.25, 0.3) is 5.91 Å². The third-order valence-electron chi connectivity index (χ3n) is 5.50. The summed E-state index contributed by atoms with van der Waals surface area (Å²) in [6, 6.07) is 0.666. The molecule has 10 nitrogen and oxygen atoms in total. The molecule has 0 aromatic heterocycles. The van der Waals surface area contributed by atoms with Crippen LogP contribution in [0.4, 0.5) is 4.39 Å². The Kier molecular flexibility index (Phi) is 9.73. The first-order valence-corrected chi connectivity index (χ1v) is 11.5. The maximum Gasteiger partial charge on any atom is 0.305 e. The number of nitrogens with zero attached hydrogens (tertiary/aromatic N) is 1. The third kappa shape index (κ3) is 7.49. The first kappa shape index (κ1) is 27.7. The Labute approximate surface area is 203 Å². The fourth-order valence-corrected chi connectivity index (χ4v) is 3.84. The number of aldehydes is 1. The Morgan fingerprint density at radius 1 is 1.20 bits per heavy atom. The number of carbonyl (C=O) groups excluding carboxylic acids is 4. The molecule has 1 saturated heterocycles. The standard InChI is InChI=1S/C24H32FN3O7/c1-13(2)21(27-22(32)17-8-7-16(11-18(17)25)35-14(3)4)24(34)28-9-5-6-19(28)23(33)26-15(12-29)10-20(30)31/h7-8,11-15,19,21H,5-6,9-10H2,1-4H3,(H,26,33)(H,27,32)(H,30,31)/t15-,19-,21-/m0/s1. The van der Waals surface area contributed by atoms with Crippen molar-refractivity contribution in [1.82, 2.24) is 15.5 Å². The lowest BCUT2D eigenvalue weighted by Gasteiger charge is -2.31. The summed E-state index contributed by atoms with van der Waals surface area (Å²) in [6.07, 6.45) is 0.414. The van der Waals surface area contributed by atoms with Crippen LogP contribution in [0.5, 0.6) is 5.75 Å². The summed E-state index contributed by atoms with van der Waals surface area (Å²) in [6.45, 7) is 7.23. The van der Waals surface area contributed by atoms with Crippen LogP contribution in [0, 0.1) is 11.7 Å². The van der Waals surface area contributed by atoms with Gasteiger partial charge in [-0.05, 0) is 44.7 Å². The molecule has 1 aromatic rings. The maximum atomic E-state index is 14.6. The minimum absolute atomic E-state index is 0.173. The van der Waals surface area contributed by atoms with Gasteiger partial charge in [0, 0.05) is 12.6 Å². The minimum atomic E-state index is -1.25. The zero-order valence-electron chi connectivity index (χ0n) is 20.2. The number of carbonyl (C=O) groups is 5. The van der Waals surface area contributed by atoms with Crippen molar-refractivity contribution in [1.29, 1.82) is 0 Å². The Balaban J connectivity index is 2.15. The second-order valence-corrected chi connectivity index (χ2v) is 9.04. The number of hydrogen-bond donors (Lipinski definition) is 3. The average Bonchev–Trinajstić information content (AvgIpc) is 3.25. The molecule has 1 fully saturated rings. The van der Waals surface area contributed by atoms with E-state index in [1.807, 2.05) is 0 Å². The van der Waals surface area contributed by atoms with Gasteiger partial charge in [-0.25, -0.2) is 4.39 Å². The van der Waals surface area contributed by atoms with Gasteiger partial charge in [-0.3, -0.25) is 19.2 Å². The van der Waals surface area contributed by atoms with Crippen LogP contribution in [0.1, 0.15) is 57.3 Å². The lowest BCUT2D eigenvalue weighted by atomic mass is 10.0. The molecule has 35 heavy (non-hydrogen) atoms. The molecule has 3 atom stereocenters. The van der Waals surface area contributed by atoms with E-state index in [9.17, 15) is 28.4 Å². The van der Waals surface area contributed by atoms with Crippen molar-refractivity contribution in [3.63, 3.8) is 0 Å². The number of benzene rings is 1. The van der Waals surface area contributed by atoms with Gasteiger partial charge < -0.3 is 30.2 Å². The van der Waals surface area contributed by atoms with Gasteiger partial charge in [0.15, 0.2) is 0 Å². The van der Waals surface area contributed by atoms with Gasteiger partial charge in [-0.2, -0.15) is 0 Å². The molecule has 3 amide bonds. The summed E-state index contributed by atoms with van der Waals surface area (Å²) >= 11 is 0. The van der Waals surface area contributed by atoms with E-state index in [-0.39, 0.29) is 29.9 Å². The zero-order chi connectivity index (χ0) is 26.3. The second-order valence-electron chi connectivity index (χ2n) is 9.04. The SMILES string of the molecule is CC(C)Oc1ccc(C(=O)N[C@H](C(=O)N2CCC[C@H]2C(=O)N[C@H](C=O)CC(=O)O)C(C)C)c(F)c1. The van der Waals surface area contributed by atoms with E-state index >= 15 is 0 Å². The number of amides is 3. The van der Waals surface area contributed by atoms with Crippen LogP contribution < -0.4 is 15.4 Å². The Morgan fingerprint density at radius 2 is 1.89 bits per heavy atom. The summed E-state index contributed by atoms with van der Waals surface area (Å²) in [5.74, 6) is -4.10. The predicted molar refractivity (Wildman–Crippen MR) is 123 cm³/mol. The molecule has 0 radical (unpaired) electrons. The molecule has 1 aromatic carbocycles. The van der Waals surface area contributed by atoms with Crippen LogP contribution in [0.25, 0.3) is 0 Å². The molecule has 0 unspecified atom stereocenters.